The van der Waals surface area contributed by atoms with Gasteiger partial charge in [-0.2, -0.15) is 13.2 Å². The van der Waals surface area contributed by atoms with Crippen molar-refractivity contribution in [2.45, 2.75) is 6.18 Å². The van der Waals surface area contributed by atoms with E-state index in [1.165, 1.54) is 18.3 Å². The molecule has 48 heavy (non-hydrogen) atoms. The minimum Gasteiger partial charge on any atom is -0.383 e. The Morgan fingerprint density at radius 1 is 1.06 bits per heavy atom. The third kappa shape index (κ3) is 8.12. The molecule has 16 heteroatoms. The summed E-state index contributed by atoms with van der Waals surface area (Å²) >= 11 is 0. The predicted octanol–water partition coefficient (Wildman–Crippen LogP) is 3.77. The summed E-state index contributed by atoms with van der Waals surface area (Å²) in [4.78, 5) is 46.4. The Bertz CT molecular complexity index is 1980. The van der Waals surface area contributed by atoms with Crippen LogP contribution in [0.4, 0.5) is 33.5 Å². The van der Waals surface area contributed by atoms with Crippen molar-refractivity contribution in [3.05, 3.63) is 72.2 Å². The third-order valence-electron chi connectivity index (χ3n) is 6.85. The van der Waals surface area contributed by atoms with E-state index in [1.54, 1.807) is 29.1 Å². The van der Waals surface area contributed by atoms with Gasteiger partial charge in [0.2, 0.25) is 0 Å². The van der Waals surface area contributed by atoms with Gasteiger partial charge in [0.15, 0.2) is 17.3 Å². The molecule has 0 bridgehead atoms. The van der Waals surface area contributed by atoms with Crippen molar-refractivity contribution >= 4 is 40.1 Å². The molecular formula is C32H29F5N8O3. The summed E-state index contributed by atoms with van der Waals surface area (Å²) in [5.41, 5.74) is 7.59. The first-order valence-corrected chi connectivity index (χ1v) is 14.1. The smallest absolute Gasteiger partial charge is 0.383 e. The van der Waals surface area contributed by atoms with Crippen LogP contribution in [0.3, 0.4) is 0 Å². The molecule has 0 aliphatic rings. The molecule has 0 unspecified atom stereocenters. The van der Waals surface area contributed by atoms with E-state index in [0.29, 0.717) is 29.9 Å². The van der Waals surface area contributed by atoms with E-state index in [2.05, 4.69) is 39.0 Å². The number of benzene rings is 1. The van der Waals surface area contributed by atoms with Gasteiger partial charge in [0.05, 0.1) is 22.2 Å². The number of nitrogens with zero attached hydrogens (tertiary/aromatic N) is 4. The summed E-state index contributed by atoms with van der Waals surface area (Å²) in [6.45, 7) is 2.22. The zero-order chi connectivity index (χ0) is 35.3. The van der Waals surface area contributed by atoms with Crippen LogP contribution in [0.5, 0.6) is 0 Å². The van der Waals surface area contributed by atoms with Crippen molar-refractivity contribution in [2.75, 3.05) is 44.8 Å². The number of aromatic nitrogens is 3. The van der Waals surface area contributed by atoms with E-state index < -0.39 is 47.8 Å². The standard InChI is InChI=1S/C32H29F5N8O3/c1-17(33)30(47)43-21-8-5-18(6-9-21)27-24(20-13-22(34)26(40-15-20)31(48)42-16-32(35,36)37)25-28(45(27)4)19(14-41-29(25)38)7-10-23(46)39-11-12-44(2)3/h5-6,8-9,13-15H,1,11-12,16H2,2-4H3,(H2,38,41)(H,39,46)(H,42,48)(H,43,47). The molecule has 4 aromatic rings. The van der Waals surface area contributed by atoms with Gasteiger partial charge < -0.3 is 31.2 Å². The van der Waals surface area contributed by atoms with Crippen LogP contribution in [0.1, 0.15) is 16.1 Å². The number of hydrogen-bond donors (Lipinski definition) is 4. The minimum atomic E-state index is -4.72. The molecule has 0 aliphatic heterocycles. The number of rotatable bonds is 9. The summed E-state index contributed by atoms with van der Waals surface area (Å²) in [6, 6.07) is 7.02. The second-order valence-electron chi connectivity index (χ2n) is 10.7. The molecule has 0 saturated carbocycles. The molecule has 0 spiro atoms. The van der Waals surface area contributed by atoms with E-state index >= 15 is 4.39 Å². The molecule has 0 radical (unpaired) electrons. The normalized spacial score (nSPS) is 11.2. The molecule has 5 N–H and O–H groups in total. The predicted molar refractivity (Wildman–Crippen MR) is 169 cm³/mol. The average molecular weight is 669 g/mol. The maximum absolute atomic E-state index is 15.3. The fourth-order valence-corrected chi connectivity index (χ4v) is 4.70. The highest BCUT2D eigenvalue weighted by Gasteiger charge is 2.29. The Morgan fingerprint density at radius 3 is 2.35 bits per heavy atom. The van der Waals surface area contributed by atoms with Crippen LogP contribution in [0.2, 0.25) is 0 Å². The summed E-state index contributed by atoms with van der Waals surface area (Å²) in [5.74, 6) is -0.0536. The second kappa shape index (κ2) is 14.3. The van der Waals surface area contributed by atoms with Crippen molar-refractivity contribution in [1.29, 1.82) is 0 Å². The Balaban J connectivity index is 1.89. The van der Waals surface area contributed by atoms with Gasteiger partial charge in [-0.15, -0.1) is 0 Å². The first-order chi connectivity index (χ1) is 22.6. The molecule has 4 rings (SSSR count). The molecule has 3 heterocycles. The monoisotopic (exact) mass is 668 g/mol. The van der Waals surface area contributed by atoms with Gasteiger partial charge >= 0.3 is 6.18 Å². The fraction of sp³-hybridized carbons (Fsp3) is 0.219. The zero-order valence-corrected chi connectivity index (χ0v) is 25.9. The lowest BCUT2D eigenvalue weighted by molar-refractivity contribution is -0.123. The molecule has 0 atom stereocenters. The van der Waals surface area contributed by atoms with Crippen molar-refractivity contribution in [3.8, 4) is 34.2 Å². The molecule has 3 aromatic heterocycles. The number of carbonyl (C=O) groups is 3. The van der Waals surface area contributed by atoms with Crippen LogP contribution in [-0.4, -0.2) is 77.1 Å². The summed E-state index contributed by atoms with van der Waals surface area (Å²) in [5, 5.41) is 6.88. The number of alkyl halides is 3. The second-order valence-corrected chi connectivity index (χ2v) is 10.7. The molecule has 0 saturated heterocycles. The lowest BCUT2D eigenvalue weighted by Gasteiger charge is -2.12. The van der Waals surface area contributed by atoms with Crippen LogP contribution in [0, 0.1) is 17.7 Å². The zero-order valence-electron chi connectivity index (χ0n) is 25.9. The first kappa shape index (κ1) is 35.0. The SMILES string of the molecule is C=C(F)C(=O)Nc1ccc(-c2c(-c3cnc(C(=O)NCC(F)(F)F)c(F)c3)c3c(N)ncc(C#CC(=O)NCCN(C)C)c3n2C)cc1. The quantitative estimate of drug-likeness (QED) is 0.121. The van der Waals surface area contributed by atoms with Gasteiger partial charge in [-0.3, -0.25) is 14.4 Å². The number of aryl methyl sites for hydroxylation is 1. The minimum absolute atomic E-state index is 0.0134. The fourth-order valence-electron chi connectivity index (χ4n) is 4.70. The Labute approximate surface area is 271 Å². The number of halogens is 5. The highest BCUT2D eigenvalue weighted by atomic mass is 19.4. The number of nitrogens with one attached hydrogen (secondary N) is 3. The number of carbonyl (C=O) groups excluding carboxylic acids is 3. The Kier molecular flexibility index (Phi) is 10.4. The van der Waals surface area contributed by atoms with E-state index in [4.69, 9.17) is 5.73 Å². The number of pyridine rings is 2. The number of anilines is 2. The Morgan fingerprint density at radius 2 is 1.75 bits per heavy atom. The molecular weight excluding hydrogens is 639 g/mol. The average Bonchev–Trinajstić information content (AvgIpc) is 3.33. The highest BCUT2D eigenvalue weighted by molar-refractivity contribution is 6.11. The summed E-state index contributed by atoms with van der Waals surface area (Å²) in [6.07, 6.45) is -2.26. The Hall–Kier alpha value is -5.82. The largest absolute Gasteiger partial charge is 0.405 e. The number of likely N-dealkylation sites (N-methyl/N-ethyl adjacent to an activating group) is 1. The first-order valence-electron chi connectivity index (χ1n) is 14.1. The molecule has 250 valence electrons. The van der Waals surface area contributed by atoms with Gasteiger partial charge in [-0.1, -0.05) is 24.6 Å². The maximum Gasteiger partial charge on any atom is 0.405 e. The van der Waals surface area contributed by atoms with Crippen molar-refractivity contribution in [2.24, 2.45) is 7.05 Å². The maximum atomic E-state index is 15.3. The molecule has 11 nitrogen and oxygen atoms in total. The number of hydrogen-bond acceptors (Lipinski definition) is 7. The van der Waals surface area contributed by atoms with Crippen LogP contribution in [-0.2, 0) is 16.6 Å². The van der Waals surface area contributed by atoms with Crippen LogP contribution < -0.4 is 21.7 Å². The van der Waals surface area contributed by atoms with E-state index in [0.717, 1.165) is 12.3 Å². The van der Waals surface area contributed by atoms with Crippen molar-refractivity contribution in [1.82, 2.24) is 30.1 Å². The van der Waals surface area contributed by atoms with Gasteiger partial charge in [0.1, 0.15) is 12.4 Å². The van der Waals surface area contributed by atoms with E-state index in [9.17, 15) is 31.9 Å². The molecule has 1 aromatic carbocycles. The summed E-state index contributed by atoms with van der Waals surface area (Å²) < 4.78 is 68.1. The summed E-state index contributed by atoms with van der Waals surface area (Å²) in [7, 11) is 5.34. The van der Waals surface area contributed by atoms with Gasteiger partial charge in [-0.05, 0) is 37.9 Å². The van der Waals surface area contributed by atoms with Crippen molar-refractivity contribution < 1.29 is 36.3 Å². The molecule has 0 aliphatic carbocycles. The number of fused-ring (bicyclic) bond motifs is 1. The van der Waals surface area contributed by atoms with E-state index in [1.807, 2.05) is 19.0 Å². The lowest BCUT2D eigenvalue weighted by Crippen LogP contribution is -2.34. The van der Waals surface area contributed by atoms with Crippen LogP contribution >= 0.6 is 0 Å². The van der Waals surface area contributed by atoms with Crippen LogP contribution in [0.15, 0.2) is 55.1 Å². The third-order valence-corrected chi connectivity index (χ3v) is 6.85. The van der Waals surface area contributed by atoms with Gasteiger partial charge in [0, 0.05) is 55.3 Å². The topological polar surface area (TPSA) is 147 Å². The number of nitrogens with two attached hydrogens (primary N) is 1. The van der Waals surface area contributed by atoms with E-state index in [-0.39, 0.29) is 33.6 Å². The highest BCUT2D eigenvalue weighted by Crippen LogP contribution is 2.43. The van der Waals surface area contributed by atoms with Gasteiger partial charge in [0.25, 0.3) is 17.7 Å². The molecule has 0 fully saturated rings. The molecule has 3 amide bonds. The van der Waals surface area contributed by atoms with Crippen molar-refractivity contribution in [3.63, 3.8) is 0 Å². The van der Waals surface area contributed by atoms with Gasteiger partial charge in [-0.25, -0.2) is 18.7 Å². The number of nitrogen functional groups attached to an aromatic ring is 1. The lowest BCUT2D eigenvalue weighted by atomic mass is 9.98. The number of amides is 3. The van der Waals surface area contributed by atoms with Crippen LogP contribution in [0.25, 0.3) is 33.3 Å².